The Balaban J connectivity index is 2.00. The van der Waals surface area contributed by atoms with Gasteiger partial charge in [0.1, 0.15) is 0 Å². The molecule has 0 aliphatic heterocycles. The molecule has 0 radical (unpaired) electrons. The van der Waals surface area contributed by atoms with Crippen molar-refractivity contribution in [3.05, 3.63) is 47.7 Å². The summed E-state index contributed by atoms with van der Waals surface area (Å²) < 4.78 is 0. The largest absolute Gasteiger partial charge is 0.476 e. The number of carboxylic acids is 1. The van der Waals surface area contributed by atoms with E-state index in [0.717, 1.165) is 12.1 Å². The first-order valence-corrected chi connectivity index (χ1v) is 6.62. The maximum atomic E-state index is 10.7. The minimum absolute atomic E-state index is 0.0644. The number of aryl methyl sites for hydroxylation is 1. The highest BCUT2D eigenvalue weighted by Gasteiger charge is 2.05. The van der Waals surface area contributed by atoms with Gasteiger partial charge in [0.05, 0.1) is 0 Å². The highest BCUT2D eigenvalue weighted by Crippen LogP contribution is 2.16. The second-order valence-corrected chi connectivity index (χ2v) is 4.53. The van der Waals surface area contributed by atoms with Crippen LogP contribution in [0.25, 0.3) is 0 Å². The minimum Gasteiger partial charge on any atom is -0.476 e. The first-order chi connectivity index (χ1) is 9.69. The molecule has 0 saturated heterocycles. The summed E-state index contributed by atoms with van der Waals surface area (Å²) in [5, 5.41) is 19.3. The monoisotopic (exact) mass is 271 g/mol. The van der Waals surface area contributed by atoms with Crippen LogP contribution in [0, 0.1) is 0 Å². The van der Waals surface area contributed by atoms with Gasteiger partial charge in [0.2, 0.25) is 0 Å². The number of rotatable bonds is 6. The lowest BCUT2D eigenvalue weighted by molar-refractivity contribution is 0.0689. The van der Waals surface area contributed by atoms with E-state index >= 15 is 0 Å². The molecule has 104 valence electrons. The molecule has 0 amide bonds. The van der Waals surface area contributed by atoms with Crippen LogP contribution in [0.5, 0.6) is 0 Å². The lowest BCUT2D eigenvalue weighted by Gasteiger charge is -2.06. The number of hydrogen-bond donors (Lipinski definition) is 2. The first-order valence-electron chi connectivity index (χ1n) is 6.62. The molecule has 2 rings (SSSR count). The molecule has 1 aromatic heterocycles. The van der Waals surface area contributed by atoms with Crippen molar-refractivity contribution < 1.29 is 9.90 Å². The van der Waals surface area contributed by atoms with E-state index in [-0.39, 0.29) is 5.69 Å². The van der Waals surface area contributed by atoms with Crippen molar-refractivity contribution in [3.8, 4) is 0 Å². The third kappa shape index (κ3) is 3.78. The Labute approximate surface area is 117 Å². The van der Waals surface area contributed by atoms with Gasteiger partial charge < -0.3 is 10.4 Å². The number of nitrogens with one attached hydrogen (secondary N) is 1. The standard InChI is InChI=1S/C15H17N3O2/c1-2-3-4-11-5-7-12(8-6-11)16-14-10-9-13(15(19)20)17-18-14/h5-10H,2-4H2,1H3,(H,16,18)(H,19,20). The fourth-order valence-corrected chi connectivity index (χ4v) is 1.80. The van der Waals surface area contributed by atoms with Crippen LogP contribution in [0.4, 0.5) is 11.5 Å². The fourth-order valence-electron chi connectivity index (χ4n) is 1.80. The third-order valence-electron chi connectivity index (χ3n) is 2.93. The van der Waals surface area contributed by atoms with Gasteiger partial charge in [-0.2, -0.15) is 0 Å². The van der Waals surface area contributed by atoms with E-state index in [1.165, 1.54) is 24.5 Å². The van der Waals surface area contributed by atoms with E-state index < -0.39 is 5.97 Å². The molecule has 1 aromatic carbocycles. The molecule has 1 heterocycles. The van der Waals surface area contributed by atoms with Crippen LogP contribution >= 0.6 is 0 Å². The Morgan fingerprint density at radius 1 is 1.15 bits per heavy atom. The first kappa shape index (κ1) is 14.0. The average Bonchev–Trinajstić information content (AvgIpc) is 2.47. The van der Waals surface area contributed by atoms with Crippen LogP contribution < -0.4 is 5.32 Å². The second-order valence-electron chi connectivity index (χ2n) is 4.53. The van der Waals surface area contributed by atoms with Gasteiger partial charge in [0.15, 0.2) is 11.5 Å². The predicted molar refractivity (Wildman–Crippen MR) is 77.3 cm³/mol. The summed E-state index contributed by atoms with van der Waals surface area (Å²) in [7, 11) is 0. The molecule has 0 spiro atoms. The van der Waals surface area contributed by atoms with Crippen molar-refractivity contribution in [2.24, 2.45) is 0 Å². The number of nitrogens with zero attached hydrogens (tertiary/aromatic N) is 2. The van der Waals surface area contributed by atoms with Gasteiger partial charge in [-0.15, -0.1) is 10.2 Å². The fraction of sp³-hybridized carbons (Fsp3) is 0.267. The predicted octanol–water partition coefficient (Wildman–Crippen LogP) is 3.26. The SMILES string of the molecule is CCCCc1ccc(Nc2ccc(C(=O)O)nn2)cc1. The number of anilines is 2. The molecule has 5 nitrogen and oxygen atoms in total. The van der Waals surface area contributed by atoms with Gasteiger partial charge in [0, 0.05) is 5.69 Å². The zero-order valence-corrected chi connectivity index (χ0v) is 11.3. The number of hydrogen-bond acceptors (Lipinski definition) is 4. The number of carboxylic acid groups (broad SMARTS) is 1. The van der Waals surface area contributed by atoms with E-state index in [1.807, 2.05) is 12.1 Å². The highest BCUT2D eigenvalue weighted by atomic mass is 16.4. The normalized spacial score (nSPS) is 10.2. The summed E-state index contributed by atoms with van der Waals surface area (Å²) in [6, 6.07) is 11.2. The van der Waals surface area contributed by atoms with Gasteiger partial charge in [-0.05, 0) is 42.7 Å². The Bertz CT molecular complexity index is 565. The van der Waals surface area contributed by atoms with E-state index in [9.17, 15) is 4.79 Å². The Kier molecular flexibility index (Phi) is 4.65. The van der Waals surface area contributed by atoms with E-state index in [0.29, 0.717) is 5.82 Å². The lowest BCUT2D eigenvalue weighted by atomic mass is 10.1. The topological polar surface area (TPSA) is 75.1 Å². The van der Waals surface area contributed by atoms with Crippen LogP contribution in [0.15, 0.2) is 36.4 Å². The molecule has 0 aliphatic rings. The summed E-state index contributed by atoms with van der Waals surface area (Å²) in [5.41, 5.74) is 2.15. The van der Waals surface area contributed by atoms with E-state index in [2.05, 4.69) is 34.6 Å². The molecule has 2 N–H and O–H groups in total. The molecule has 20 heavy (non-hydrogen) atoms. The number of benzene rings is 1. The molecular weight excluding hydrogens is 254 g/mol. The van der Waals surface area contributed by atoms with Gasteiger partial charge in [-0.1, -0.05) is 25.5 Å². The summed E-state index contributed by atoms with van der Waals surface area (Å²) in [5.74, 6) is -0.555. The molecule has 0 atom stereocenters. The average molecular weight is 271 g/mol. The molecule has 5 heteroatoms. The van der Waals surface area contributed by atoms with Crippen molar-refractivity contribution >= 4 is 17.5 Å². The van der Waals surface area contributed by atoms with Crippen LogP contribution in [-0.4, -0.2) is 21.3 Å². The quantitative estimate of drug-likeness (QED) is 0.843. The molecular formula is C15H17N3O2. The minimum atomic E-state index is -1.08. The smallest absolute Gasteiger partial charge is 0.356 e. The summed E-state index contributed by atoms with van der Waals surface area (Å²) in [6.45, 7) is 2.18. The summed E-state index contributed by atoms with van der Waals surface area (Å²) in [6.07, 6.45) is 3.46. The Morgan fingerprint density at radius 3 is 2.45 bits per heavy atom. The zero-order valence-electron chi connectivity index (χ0n) is 11.3. The molecule has 0 unspecified atom stereocenters. The van der Waals surface area contributed by atoms with Gasteiger partial charge in [0.25, 0.3) is 0 Å². The summed E-state index contributed by atoms with van der Waals surface area (Å²) >= 11 is 0. The number of unbranched alkanes of at least 4 members (excludes halogenated alkanes) is 1. The molecule has 0 saturated carbocycles. The van der Waals surface area contributed by atoms with Crippen molar-refractivity contribution in [2.75, 3.05) is 5.32 Å². The highest BCUT2D eigenvalue weighted by molar-refractivity contribution is 5.85. The molecule has 2 aromatic rings. The van der Waals surface area contributed by atoms with E-state index in [1.54, 1.807) is 6.07 Å². The molecule has 0 fully saturated rings. The van der Waals surface area contributed by atoms with Crippen LogP contribution in [0.3, 0.4) is 0 Å². The lowest BCUT2D eigenvalue weighted by Crippen LogP contribution is -2.03. The van der Waals surface area contributed by atoms with Crippen molar-refractivity contribution in [2.45, 2.75) is 26.2 Å². The molecule has 0 bridgehead atoms. The van der Waals surface area contributed by atoms with Crippen molar-refractivity contribution in [1.29, 1.82) is 0 Å². The zero-order chi connectivity index (χ0) is 14.4. The second kappa shape index (κ2) is 6.65. The maximum Gasteiger partial charge on any atom is 0.356 e. The molecule has 0 aliphatic carbocycles. The van der Waals surface area contributed by atoms with Crippen LogP contribution in [0.2, 0.25) is 0 Å². The van der Waals surface area contributed by atoms with Crippen molar-refractivity contribution in [1.82, 2.24) is 10.2 Å². The van der Waals surface area contributed by atoms with E-state index in [4.69, 9.17) is 5.11 Å². The van der Waals surface area contributed by atoms with Gasteiger partial charge >= 0.3 is 5.97 Å². The van der Waals surface area contributed by atoms with Gasteiger partial charge in [-0.3, -0.25) is 0 Å². The van der Waals surface area contributed by atoms with Crippen LogP contribution in [-0.2, 0) is 6.42 Å². The Morgan fingerprint density at radius 2 is 1.90 bits per heavy atom. The maximum absolute atomic E-state index is 10.7. The Hall–Kier alpha value is -2.43. The third-order valence-corrected chi connectivity index (χ3v) is 2.93. The van der Waals surface area contributed by atoms with Crippen molar-refractivity contribution in [3.63, 3.8) is 0 Å². The van der Waals surface area contributed by atoms with Gasteiger partial charge in [-0.25, -0.2) is 4.79 Å². The van der Waals surface area contributed by atoms with Crippen LogP contribution in [0.1, 0.15) is 35.8 Å². The number of carbonyl (C=O) groups is 1. The summed E-state index contributed by atoms with van der Waals surface area (Å²) in [4.78, 5) is 10.7. The number of aromatic carboxylic acids is 1. The number of aromatic nitrogens is 2.